The first-order valence-corrected chi connectivity index (χ1v) is 9.22. The van der Waals surface area contributed by atoms with Crippen LogP contribution in [0.4, 0.5) is 0 Å². The molecule has 0 saturated carbocycles. The summed E-state index contributed by atoms with van der Waals surface area (Å²) in [6.45, 7) is 5.95. The molecule has 0 aliphatic rings. The van der Waals surface area contributed by atoms with E-state index in [1.165, 1.54) is 16.7 Å². The van der Waals surface area contributed by atoms with Crippen LogP contribution in [-0.4, -0.2) is 35.2 Å². The Hall–Kier alpha value is -2.17. The average Bonchev–Trinajstić information content (AvgIpc) is 2.63. The van der Waals surface area contributed by atoms with E-state index in [9.17, 15) is 9.90 Å². The molecule has 0 radical (unpaired) electrons. The molecule has 2 rings (SSSR count). The highest BCUT2D eigenvalue weighted by molar-refractivity contribution is 5.69. The van der Waals surface area contributed by atoms with Crippen LogP contribution in [0.25, 0.3) is 0 Å². The SMILES string of the molecule is CCCC(=O)OC[C@@H](O)CN(Cc1ccccc1)Cc1ccc(C)cc1. The molecule has 140 valence electrons. The van der Waals surface area contributed by atoms with E-state index in [0.717, 1.165) is 19.5 Å². The van der Waals surface area contributed by atoms with Gasteiger partial charge in [0.05, 0.1) is 0 Å². The van der Waals surface area contributed by atoms with Crippen LogP contribution < -0.4 is 0 Å². The van der Waals surface area contributed by atoms with Gasteiger partial charge in [-0.2, -0.15) is 0 Å². The number of aliphatic hydroxyl groups excluding tert-OH is 1. The van der Waals surface area contributed by atoms with Crippen LogP contribution >= 0.6 is 0 Å². The highest BCUT2D eigenvalue weighted by Crippen LogP contribution is 2.12. The summed E-state index contributed by atoms with van der Waals surface area (Å²) in [4.78, 5) is 13.7. The molecule has 0 aliphatic carbocycles. The van der Waals surface area contributed by atoms with E-state index in [1.807, 2.05) is 25.1 Å². The fourth-order valence-electron chi connectivity index (χ4n) is 2.79. The number of benzene rings is 2. The Bertz CT molecular complexity index is 655. The maximum atomic E-state index is 11.5. The number of aryl methyl sites for hydroxylation is 1. The van der Waals surface area contributed by atoms with Crippen LogP contribution in [0.2, 0.25) is 0 Å². The summed E-state index contributed by atoms with van der Waals surface area (Å²) in [5.41, 5.74) is 3.61. The van der Waals surface area contributed by atoms with Gasteiger partial charge in [-0.3, -0.25) is 9.69 Å². The fraction of sp³-hybridized carbons (Fsp3) is 0.409. The third-order valence-electron chi connectivity index (χ3n) is 4.14. The first-order valence-electron chi connectivity index (χ1n) is 9.22. The number of rotatable bonds is 10. The Morgan fingerprint density at radius 1 is 1.04 bits per heavy atom. The van der Waals surface area contributed by atoms with Gasteiger partial charge in [0, 0.05) is 26.1 Å². The summed E-state index contributed by atoms with van der Waals surface area (Å²) in [6.07, 6.45) is 0.441. The van der Waals surface area contributed by atoms with Gasteiger partial charge in [-0.25, -0.2) is 0 Å². The lowest BCUT2D eigenvalue weighted by molar-refractivity contribution is -0.147. The Morgan fingerprint density at radius 3 is 2.27 bits per heavy atom. The van der Waals surface area contributed by atoms with E-state index in [2.05, 4.69) is 48.2 Å². The zero-order valence-electron chi connectivity index (χ0n) is 15.7. The van der Waals surface area contributed by atoms with Crippen LogP contribution in [-0.2, 0) is 22.6 Å². The van der Waals surface area contributed by atoms with E-state index in [4.69, 9.17) is 4.74 Å². The first kappa shape index (κ1) is 20.1. The Labute approximate surface area is 156 Å². The standard InChI is InChI=1S/C22H29NO3/c1-3-7-22(25)26-17-21(24)16-23(14-19-8-5-4-6-9-19)15-20-12-10-18(2)11-13-20/h4-6,8-13,21,24H,3,7,14-17H2,1-2H3/t21-/m0/s1. The Balaban J connectivity index is 1.97. The van der Waals surface area contributed by atoms with Gasteiger partial charge in [0.2, 0.25) is 0 Å². The molecule has 26 heavy (non-hydrogen) atoms. The number of nitrogens with zero attached hydrogens (tertiary/aromatic N) is 1. The van der Waals surface area contributed by atoms with Crippen molar-refractivity contribution in [3.8, 4) is 0 Å². The Morgan fingerprint density at radius 2 is 1.65 bits per heavy atom. The zero-order valence-corrected chi connectivity index (χ0v) is 15.7. The molecule has 2 aromatic rings. The summed E-state index contributed by atoms with van der Waals surface area (Å²) >= 11 is 0. The molecule has 0 fully saturated rings. The summed E-state index contributed by atoms with van der Waals surface area (Å²) in [5.74, 6) is -0.250. The van der Waals surface area contributed by atoms with Gasteiger partial charge >= 0.3 is 5.97 Å². The maximum absolute atomic E-state index is 11.5. The molecule has 1 N–H and O–H groups in total. The third-order valence-corrected chi connectivity index (χ3v) is 4.14. The molecule has 0 heterocycles. The van der Waals surface area contributed by atoms with Crippen molar-refractivity contribution < 1.29 is 14.6 Å². The summed E-state index contributed by atoms with van der Waals surface area (Å²) in [5, 5.41) is 10.3. The highest BCUT2D eigenvalue weighted by atomic mass is 16.5. The molecule has 0 aromatic heterocycles. The van der Waals surface area contributed by atoms with Crippen LogP contribution in [0.5, 0.6) is 0 Å². The number of ether oxygens (including phenoxy) is 1. The van der Waals surface area contributed by atoms with Gasteiger partial charge < -0.3 is 9.84 Å². The number of aliphatic hydroxyl groups is 1. The summed E-state index contributed by atoms with van der Waals surface area (Å²) in [6, 6.07) is 18.6. The zero-order chi connectivity index (χ0) is 18.8. The van der Waals surface area contributed by atoms with E-state index >= 15 is 0 Å². The van der Waals surface area contributed by atoms with Gasteiger partial charge in [0.1, 0.15) is 12.7 Å². The smallest absolute Gasteiger partial charge is 0.305 e. The molecule has 4 heteroatoms. The van der Waals surface area contributed by atoms with Gasteiger partial charge in [-0.15, -0.1) is 0 Å². The van der Waals surface area contributed by atoms with Crippen molar-refractivity contribution in [2.24, 2.45) is 0 Å². The fourth-order valence-corrected chi connectivity index (χ4v) is 2.79. The predicted molar refractivity (Wildman–Crippen MR) is 104 cm³/mol. The number of carbonyl (C=O) groups is 1. The highest BCUT2D eigenvalue weighted by Gasteiger charge is 2.15. The van der Waals surface area contributed by atoms with Crippen molar-refractivity contribution in [1.82, 2.24) is 4.90 Å². The second-order valence-electron chi connectivity index (χ2n) is 6.73. The number of carbonyl (C=O) groups excluding carboxylic acids is 1. The van der Waals surface area contributed by atoms with E-state index < -0.39 is 6.10 Å². The van der Waals surface area contributed by atoms with Crippen molar-refractivity contribution in [3.05, 3.63) is 71.3 Å². The molecular weight excluding hydrogens is 326 g/mol. The maximum Gasteiger partial charge on any atom is 0.305 e. The van der Waals surface area contributed by atoms with Gasteiger partial charge in [0.25, 0.3) is 0 Å². The van der Waals surface area contributed by atoms with Crippen molar-refractivity contribution in [2.45, 2.75) is 45.9 Å². The molecule has 4 nitrogen and oxygen atoms in total. The third kappa shape index (κ3) is 7.38. The van der Waals surface area contributed by atoms with E-state index in [-0.39, 0.29) is 12.6 Å². The minimum Gasteiger partial charge on any atom is -0.463 e. The van der Waals surface area contributed by atoms with Gasteiger partial charge in [-0.05, 0) is 24.5 Å². The summed E-state index contributed by atoms with van der Waals surface area (Å²) in [7, 11) is 0. The van der Waals surface area contributed by atoms with Crippen molar-refractivity contribution >= 4 is 5.97 Å². The molecule has 0 saturated heterocycles. The normalized spacial score (nSPS) is 12.2. The monoisotopic (exact) mass is 355 g/mol. The number of hydrogen-bond acceptors (Lipinski definition) is 4. The van der Waals surface area contributed by atoms with Crippen LogP contribution in [0.1, 0.15) is 36.5 Å². The molecule has 0 aliphatic heterocycles. The quantitative estimate of drug-likeness (QED) is 0.660. The lowest BCUT2D eigenvalue weighted by Crippen LogP contribution is -2.34. The van der Waals surface area contributed by atoms with Crippen LogP contribution in [0.15, 0.2) is 54.6 Å². The second-order valence-corrected chi connectivity index (χ2v) is 6.73. The molecule has 1 atom stereocenters. The minimum absolute atomic E-state index is 0.0397. The Kier molecular flexibility index (Phi) is 8.32. The summed E-state index contributed by atoms with van der Waals surface area (Å²) < 4.78 is 5.15. The second kappa shape index (κ2) is 10.7. The molecule has 0 amide bonds. The topological polar surface area (TPSA) is 49.8 Å². The van der Waals surface area contributed by atoms with Gasteiger partial charge in [-0.1, -0.05) is 67.1 Å². The minimum atomic E-state index is -0.704. The van der Waals surface area contributed by atoms with Gasteiger partial charge in [0.15, 0.2) is 0 Å². The molecular formula is C22H29NO3. The molecule has 0 unspecified atom stereocenters. The van der Waals surface area contributed by atoms with E-state index in [1.54, 1.807) is 0 Å². The molecule has 2 aromatic carbocycles. The van der Waals surface area contributed by atoms with E-state index in [0.29, 0.717) is 13.0 Å². The average molecular weight is 355 g/mol. The molecule has 0 spiro atoms. The lowest BCUT2D eigenvalue weighted by atomic mass is 10.1. The lowest BCUT2D eigenvalue weighted by Gasteiger charge is -2.25. The molecule has 0 bridgehead atoms. The largest absolute Gasteiger partial charge is 0.463 e. The van der Waals surface area contributed by atoms with Crippen LogP contribution in [0.3, 0.4) is 0 Å². The number of esters is 1. The van der Waals surface area contributed by atoms with Crippen LogP contribution in [0, 0.1) is 6.92 Å². The predicted octanol–water partition coefficient (Wildman–Crippen LogP) is 3.70. The number of hydrogen-bond donors (Lipinski definition) is 1. The first-order chi connectivity index (χ1) is 12.6. The van der Waals surface area contributed by atoms with Crippen molar-refractivity contribution in [1.29, 1.82) is 0 Å². The van der Waals surface area contributed by atoms with Crippen molar-refractivity contribution in [2.75, 3.05) is 13.2 Å². The van der Waals surface area contributed by atoms with Crippen molar-refractivity contribution in [3.63, 3.8) is 0 Å².